The first-order valence-electron chi connectivity index (χ1n) is 5.52. The Labute approximate surface area is 116 Å². The zero-order chi connectivity index (χ0) is 14.7. The number of carbonyl (C=O) groups excluding carboxylic acids is 1. The molecule has 1 aromatic heterocycles. The van der Waals surface area contributed by atoms with E-state index in [0.29, 0.717) is 5.56 Å². The minimum absolute atomic E-state index is 0.144. The molecule has 0 aliphatic carbocycles. The van der Waals surface area contributed by atoms with Crippen LogP contribution in [0.1, 0.15) is 17.3 Å². The molecule has 2 rings (SSSR count). The van der Waals surface area contributed by atoms with Gasteiger partial charge in [-0.2, -0.15) is 4.98 Å². The molecule has 0 aliphatic rings. The van der Waals surface area contributed by atoms with E-state index >= 15 is 0 Å². The van der Waals surface area contributed by atoms with Crippen LogP contribution in [0, 0.1) is 5.82 Å². The normalized spacial score (nSPS) is 11.1. The van der Waals surface area contributed by atoms with Crippen LogP contribution in [0.15, 0.2) is 22.7 Å². The second kappa shape index (κ2) is 6.04. The van der Waals surface area contributed by atoms with Crippen molar-refractivity contribution >= 4 is 17.4 Å². The van der Waals surface area contributed by atoms with Gasteiger partial charge in [0.2, 0.25) is 11.7 Å². The van der Waals surface area contributed by atoms with E-state index in [0.717, 1.165) is 6.07 Å². The molecular weight excluding hydrogens is 297 g/mol. The van der Waals surface area contributed by atoms with E-state index in [1.54, 1.807) is 0 Å². The molecule has 106 valence electrons. The van der Waals surface area contributed by atoms with Crippen LogP contribution in [-0.4, -0.2) is 22.3 Å². The van der Waals surface area contributed by atoms with Gasteiger partial charge in [-0.15, -0.1) is 0 Å². The van der Waals surface area contributed by atoms with E-state index in [2.05, 4.69) is 14.7 Å². The van der Waals surface area contributed by atoms with Crippen LogP contribution >= 0.6 is 11.6 Å². The summed E-state index contributed by atoms with van der Waals surface area (Å²) in [5.74, 6) is -1.78. The maximum atomic E-state index is 12.9. The highest BCUT2D eigenvalue weighted by Crippen LogP contribution is 2.19. The molecule has 20 heavy (non-hydrogen) atoms. The zero-order valence-corrected chi connectivity index (χ0v) is 10.7. The quantitative estimate of drug-likeness (QED) is 0.852. The number of halogens is 4. The molecule has 0 fully saturated rings. The Bertz CT molecular complexity index is 631. The Hall–Kier alpha value is -1.89. The lowest BCUT2D eigenvalue weighted by Crippen LogP contribution is -2.13. The van der Waals surface area contributed by atoms with Crippen molar-refractivity contribution in [3.05, 3.63) is 46.3 Å². The number of hydrogen-bond acceptors (Lipinski definition) is 4. The lowest BCUT2D eigenvalue weighted by Gasteiger charge is -2.00. The van der Waals surface area contributed by atoms with Gasteiger partial charge in [-0.25, -0.2) is 13.2 Å². The summed E-state index contributed by atoms with van der Waals surface area (Å²) < 4.78 is 41.7. The van der Waals surface area contributed by atoms with E-state index in [1.165, 1.54) is 12.1 Å². The molecule has 0 amide bonds. The summed E-state index contributed by atoms with van der Waals surface area (Å²) in [6, 6.07) is 3.82. The van der Waals surface area contributed by atoms with E-state index in [-0.39, 0.29) is 23.2 Å². The molecule has 2 aromatic rings. The number of aromatic nitrogens is 2. The van der Waals surface area contributed by atoms with Crippen LogP contribution in [0.3, 0.4) is 0 Å². The first-order chi connectivity index (χ1) is 9.45. The summed E-state index contributed by atoms with van der Waals surface area (Å²) in [5, 5.41) is 3.75. The third-order valence-electron chi connectivity index (χ3n) is 2.44. The van der Waals surface area contributed by atoms with E-state index in [4.69, 9.17) is 11.6 Å². The molecule has 0 saturated carbocycles. The van der Waals surface area contributed by atoms with Crippen molar-refractivity contribution in [2.24, 2.45) is 0 Å². The van der Waals surface area contributed by atoms with Gasteiger partial charge >= 0.3 is 0 Å². The number of alkyl halides is 2. The van der Waals surface area contributed by atoms with Crippen molar-refractivity contribution in [2.45, 2.75) is 19.3 Å². The van der Waals surface area contributed by atoms with Gasteiger partial charge in [0.05, 0.1) is 6.42 Å². The number of hydrogen-bond donors (Lipinski definition) is 0. The van der Waals surface area contributed by atoms with Gasteiger partial charge in [0, 0.05) is 11.4 Å². The van der Waals surface area contributed by atoms with Crippen molar-refractivity contribution < 1.29 is 22.5 Å². The van der Waals surface area contributed by atoms with Crippen LogP contribution in [-0.2, 0) is 17.6 Å². The topological polar surface area (TPSA) is 56.0 Å². The Balaban J connectivity index is 2.07. The lowest BCUT2D eigenvalue weighted by molar-refractivity contribution is -0.129. The van der Waals surface area contributed by atoms with Gasteiger partial charge in [-0.3, -0.25) is 4.79 Å². The molecule has 1 aromatic carbocycles. The number of ketones is 1. The summed E-state index contributed by atoms with van der Waals surface area (Å²) >= 11 is 5.83. The molecule has 0 saturated heterocycles. The second-order valence-corrected chi connectivity index (χ2v) is 4.37. The standard InChI is InChI=1S/C12H8ClF3N2O2/c13-8-4-7(14)2-1-6(8)3-10-17-11(20-18-10)5-9(19)12(15)16/h1-2,4,12H,3,5H2. The van der Waals surface area contributed by atoms with Crippen molar-refractivity contribution in [3.8, 4) is 0 Å². The zero-order valence-electron chi connectivity index (χ0n) is 9.95. The SMILES string of the molecule is O=C(Cc1nc(Cc2ccc(F)cc2Cl)no1)C(F)F. The molecule has 0 aliphatic heterocycles. The van der Waals surface area contributed by atoms with Gasteiger partial charge < -0.3 is 4.52 Å². The molecule has 0 radical (unpaired) electrons. The van der Waals surface area contributed by atoms with Crippen molar-refractivity contribution in [1.29, 1.82) is 0 Å². The summed E-state index contributed by atoms with van der Waals surface area (Å²) in [6.07, 6.45) is -3.55. The van der Waals surface area contributed by atoms with E-state index < -0.39 is 24.4 Å². The third-order valence-corrected chi connectivity index (χ3v) is 2.79. The highest BCUT2D eigenvalue weighted by molar-refractivity contribution is 6.31. The summed E-state index contributed by atoms with van der Waals surface area (Å²) in [4.78, 5) is 14.6. The molecule has 8 heteroatoms. The van der Waals surface area contributed by atoms with Crippen LogP contribution in [0.4, 0.5) is 13.2 Å². The van der Waals surface area contributed by atoms with E-state index in [9.17, 15) is 18.0 Å². The van der Waals surface area contributed by atoms with Crippen molar-refractivity contribution in [3.63, 3.8) is 0 Å². The largest absolute Gasteiger partial charge is 0.339 e. The fourth-order valence-corrected chi connectivity index (χ4v) is 1.73. The van der Waals surface area contributed by atoms with Crippen LogP contribution in [0.5, 0.6) is 0 Å². The highest BCUT2D eigenvalue weighted by atomic mass is 35.5. The average molecular weight is 305 g/mol. The predicted octanol–water partition coefficient (Wildman–Crippen LogP) is 2.83. The van der Waals surface area contributed by atoms with Crippen LogP contribution in [0.25, 0.3) is 0 Å². The first-order valence-corrected chi connectivity index (χ1v) is 5.89. The lowest BCUT2D eigenvalue weighted by atomic mass is 10.1. The minimum atomic E-state index is -3.07. The van der Waals surface area contributed by atoms with Gasteiger partial charge in [0.25, 0.3) is 6.43 Å². The summed E-state index contributed by atoms with van der Waals surface area (Å²) in [6.45, 7) is 0. The summed E-state index contributed by atoms with van der Waals surface area (Å²) in [5.41, 5.74) is 0.556. The Morgan fingerprint density at radius 2 is 2.15 bits per heavy atom. The van der Waals surface area contributed by atoms with Gasteiger partial charge in [0.15, 0.2) is 5.82 Å². The molecule has 0 spiro atoms. The number of benzene rings is 1. The monoisotopic (exact) mass is 304 g/mol. The van der Waals surface area contributed by atoms with Crippen molar-refractivity contribution in [2.75, 3.05) is 0 Å². The summed E-state index contributed by atoms with van der Waals surface area (Å²) in [7, 11) is 0. The second-order valence-electron chi connectivity index (χ2n) is 3.96. The van der Waals surface area contributed by atoms with Gasteiger partial charge in [0.1, 0.15) is 5.82 Å². The fourth-order valence-electron chi connectivity index (χ4n) is 1.50. The average Bonchev–Trinajstić information content (AvgIpc) is 2.80. The number of carbonyl (C=O) groups is 1. The smallest absolute Gasteiger partial charge is 0.296 e. The molecule has 0 unspecified atom stereocenters. The fraction of sp³-hybridized carbons (Fsp3) is 0.250. The Morgan fingerprint density at radius 1 is 1.40 bits per heavy atom. The van der Waals surface area contributed by atoms with Crippen LogP contribution < -0.4 is 0 Å². The minimum Gasteiger partial charge on any atom is -0.339 e. The Kier molecular flexibility index (Phi) is 4.39. The van der Waals surface area contributed by atoms with Crippen LogP contribution in [0.2, 0.25) is 5.02 Å². The molecule has 1 heterocycles. The van der Waals surface area contributed by atoms with Gasteiger partial charge in [-0.1, -0.05) is 22.8 Å². The van der Waals surface area contributed by atoms with E-state index in [1.807, 2.05) is 0 Å². The van der Waals surface area contributed by atoms with Crippen molar-refractivity contribution in [1.82, 2.24) is 10.1 Å². The molecule has 4 nitrogen and oxygen atoms in total. The molecule has 0 N–H and O–H groups in total. The maximum Gasteiger partial charge on any atom is 0.296 e. The maximum absolute atomic E-state index is 12.9. The number of rotatable bonds is 5. The van der Waals surface area contributed by atoms with Gasteiger partial charge in [-0.05, 0) is 17.7 Å². The molecule has 0 bridgehead atoms. The first kappa shape index (κ1) is 14.5. The molecular formula is C12H8ClF3N2O2. The molecule has 0 atom stereocenters. The number of nitrogens with zero attached hydrogens (tertiary/aromatic N) is 2. The predicted molar refractivity (Wildman–Crippen MR) is 63.2 cm³/mol. The third kappa shape index (κ3) is 3.57. The Morgan fingerprint density at radius 3 is 2.80 bits per heavy atom. The highest BCUT2D eigenvalue weighted by Gasteiger charge is 2.19. The number of Topliss-reactive ketones (excluding diaryl/α,β-unsaturated/α-hetero) is 1.